The van der Waals surface area contributed by atoms with Gasteiger partial charge in [0.1, 0.15) is 11.0 Å². The number of aromatic nitrogens is 2. The Bertz CT molecular complexity index is 258. The monoisotopic (exact) mass is 172 g/mol. The molecule has 0 N–H and O–H groups in total. The van der Waals surface area contributed by atoms with Crippen LogP contribution in [0.1, 0.15) is 26.6 Å². The van der Waals surface area contributed by atoms with Crippen LogP contribution in [0.5, 0.6) is 0 Å². The third-order valence-corrected chi connectivity index (χ3v) is 1.76. The van der Waals surface area contributed by atoms with E-state index >= 15 is 0 Å². The highest BCUT2D eigenvalue weighted by atomic mass is 35.5. The van der Waals surface area contributed by atoms with E-state index in [1.54, 1.807) is 0 Å². The summed E-state index contributed by atoms with van der Waals surface area (Å²) in [5.41, 5.74) is 0.0736. The maximum atomic E-state index is 5.74. The Morgan fingerprint density at radius 2 is 2.00 bits per heavy atom. The topological polar surface area (TPSA) is 17.8 Å². The number of hydrogen-bond acceptors (Lipinski definition) is 1. The van der Waals surface area contributed by atoms with E-state index in [1.165, 1.54) is 0 Å². The summed E-state index contributed by atoms with van der Waals surface area (Å²) in [4.78, 5) is 4.11. The van der Waals surface area contributed by atoms with Gasteiger partial charge in [-0.1, -0.05) is 11.6 Å². The van der Waals surface area contributed by atoms with Gasteiger partial charge in [0.2, 0.25) is 0 Å². The molecule has 1 aromatic heterocycles. The van der Waals surface area contributed by atoms with Gasteiger partial charge in [-0.15, -0.1) is 0 Å². The lowest BCUT2D eigenvalue weighted by Crippen LogP contribution is -2.21. The molecule has 0 aromatic carbocycles. The Labute approximate surface area is 72.2 Å². The molecular weight excluding hydrogens is 160 g/mol. The van der Waals surface area contributed by atoms with Crippen molar-refractivity contribution < 1.29 is 0 Å². The molecule has 0 spiro atoms. The molecule has 0 radical (unpaired) electrons. The fourth-order valence-corrected chi connectivity index (χ4v) is 1.34. The summed E-state index contributed by atoms with van der Waals surface area (Å²) >= 11 is 5.74. The van der Waals surface area contributed by atoms with Crippen molar-refractivity contribution in [3.05, 3.63) is 17.2 Å². The van der Waals surface area contributed by atoms with Crippen LogP contribution in [0.25, 0.3) is 0 Å². The predicted molar refractivity (Wildman–Crippen MR) is 47.0 cm³/mol. The molecule has 1 rings (SSSR count). The molecule has 3 heteroatoms. The predicted octanol–water partition coefficient (Wildman–Crippen LogP) is 2.60. The number of halogens is 1. The van der Waals surface area contributed by atoms with E-state index in [-0.39, 0.29) is 5.54 Å². The molecule has 0 aliphatic heterocycles. The van der Waals surface area contributed by atoms with Crippen LogP contribution in [-0.4, -0.2) is 9.55 Å². The second-order valence-corrected chi connectivity index (χ2v) is 4.04. The molecule has 0 amide bonds. The van der Waals surface area contributed by atoms with Crippen molar-refractivity contribution in [1.82, 2.24) is 9.55 Å². The number of imidazole rings is 1. The molecule has 0 aliphatic rings. The Hall–Kier alpha value is -0.500. The van der Waals surface area contributed by atoms with Crippen molar-refractivity contribution >= 4 is 11.6 Å². The van der Waals surface area contributed by atoms with Gasteiger partial charge in [-0.05, 0) is 27.7 Å². The van der Waals surface area contributed by atoms with Gasteiger partial charge >= 0.3 is 0 Å². The standard InChI is InChI=1S/C8H13ClN2/c1-6-10-7(9)5-11(6)8(2,3)4/h5H,1-4H3. The van der Waals surface area contributed by atoms with E-state index in [0.717, 1.165) is 5.82 Å². The first-order chi connectivity index (χ1) is 4.91. The Kier molecular flexibility index (Phi) is 1.97. The zero-order valence-corrected chi connectivity index (χ0v) is 8.11. The lowest BCUT2D eigenvalue weighted by molar-refractivity contribution is 0.388. The van der Waals surface area contributed by atoms with E-state index in [2.05, 4.69) is 30.3 Å². The fourth-order valence-electron chi connectivity index (χ4n) is 1.12. The lowest BCUT2D eigenvalue weighted by atomic mass is 10.1. The maximum Gasteiger partial charge on any atom is 0.147 e. The van der Waals surface area contributed by atoms with E-state index in [9.17, 15) is 0 Å². The molecule has 0 atom stereocenters. The lowest BCUT2D eigenvalue weighted by Gasteiger charge is -2.21. The van der Waals surface area contributed by atoms with Crippen LogP contribution in [0, 0.1) is 6.92 Å². The molecular formula is C8H13ClN2. The van der Waals surface area contributed by atoms with Crippen LogP contribution in [0.4, 0.5) is 0 Å². The van der Waals surface area contributed by atoms with E-state index in [4.69, 9.17) is 11.6 Å². The molecule has 11 heavy (non-hydrogen) atoms. The average Bonchev–Trinajstić information content (AvgIpc) is 2.08. The van der Waals surface area contributed by atoms with Crippen LogP contribution >= 0.6 is 11.6 Å². The number of nitrogens with zero attached hydrogens (tertiary/aromatic N) is 2. The van der Waals surface area contributed by atoms with Gasteiger partial charge in [-0.25, -0.2) is 4.98 Å². The van der Waals surface area contributed by atoms with Gasteiger partial charge in [-0.3, -0.25) is 0 Å². The summed E-state index contributed by atoms with van der Waals surface area (Å²) in [5.74, 6) is 0.961. The van der Waals surface area contributed by atoms with Crippen molar-refractivity contribution in [2.24, 2.45) is 0 Å². The number of aryl methyl sites for hydroxylation is 1. The van der Waals surface area contributed by atoms with Crippen molar-refractivity contribution in [2.45, 2.75) is 33.2 Å². The second kappa shape index (κ2) is 2.52. The van der Waals surface area contributed by atoms with Crippen LogP contribution < -0.4 is 0 Å². The van der Waals surface area contributed by atoms with Gasteiger partial charge in [-0.2, -0.15) is 0 Å². The molecule has 62 valence electrons. The second-order valence-electron chi connectivity index (χ2n) is 3.65. The van der Waals surface area contributed by atoms with Gasteiger partial charge in [0.25, 0.3) is 0 Å². The smallest absolute Gasteiger partial charge is 0.147 e. The highest BCUT2D eigenvalue weighted by molar-refractivity contribution is 6.29. The van der Waals surface area contributed by atoms with Crippen LogP contribution in [0.2, 0.25) is 5.15 Å². The minimum absolute atomic E-state index is 0.0736. The SMILES string of the molecule is Cc1nc(Cl)cn1C(C)(C)C. The zero-order valence-electron chi connectivity index (χ0n) is 7.35. The van der Waals surface area contributed by atoms with E-state index in [1.807, 2.05) is 13.1 Å². The first-order valence-corrected chi connectivity index (χ1v) is 4.01. The average molecular weight is 173 g/mol. The molecule has 0 saturated carbocycles. The maximum absolute atomic E-state index is 5.74. The molecule has 2 nitrogen and oxygen atoms in total. The minimum atomic E-state index is 0.0736. The van der Waals surface area contributed by atoms with Crippen LogP contribution in [0.3, 0.4) is 0 Å². The van der Waals surface area contributed by atoms with Crippen molar-refractivity contribution in [3.8, 4) is 0 Å². The van der Waals surface area contributed by atoms with Crippen LogP contribution in [0.15, 0.2) is 6.20 Å². The molecule has 0 aliphatic carbocycles. The number of hydrogen-bond donors (Lipinski definition) is 0. The highest BCUT2D eigenvalue weighted by Gasteiger charge is 2.15. The van der Waals surface area contributed by atoms with Crippen molar-refractivity contribution in [1.29, 1.82) is 0 Å². The molecule has 0 bridgehead atoms. The fraction of sp³-hybridized carbons (Fsp3) is 0.625. The third kappa shape index (κ3) is 1.74. The Morgan fingerprint density at radius 3 is 2.18 bits per heavy atom. The molecule has 0 saturated heterocycles. The Balaban J connectivity index is 3.13. The largest absolute Gasteiger partial charge is 0.328 e. The summed E-state index contributed by atoms with van der Waals surface area (Å²) in [7, 11) is 0. The first kappa shape index (κ1) is 8.60. The van der Waals surface area contributed by atoms with E-state index in [0.29, 0.717) is 5.15 Å². The molecule has 1 heterocycles. The van der Waals surface area contributed by atoms with Crippen molar-refractivity contribution in [2.75, 3.05) is 0 Å². The van der Waals surface area contributed by atoms with Gasteiger partial charge < -0.3 is 4.57 Å². The highest BCUT2D eigenvalue weighted by Crippen LogP contribution is 2.18. The summed E-state index contributed by atoms with van der Waals surface area (Å²) < 4.78 is 2.06. The third-order valence-electron chi connectivity index (χ3n) is 1.58. The Morgan fingerprint density at radius 1 is 1.45 bits per heavy atom. The summed E-state index contributed by atoms with van der Waals surface area (Å²) in [6.45, 7) is 8.32. The number of rotatable bonds is 0. The van der Waals surface area contributed by atoms with Gasteiger partial charge in [0.05, 0.1) is 0 Å². The first-order valence-electron chi connectivity index (χ1n) is 3.63. The quantitative estimate of drug-likeness (QED) is 0.588. The van der Waals surface area contributed by atoms with Gasteiger partial charge in [0, 0.05) is 11.7 Å². The van der Waals surface area contributed by atoms with Crippen LogP contribution in [-0.2, 0) is 5.54 Å². The molecule has 0 unspecified atom stereocenters. The van der Waals surface area contributed by atoms with E-state index < -0.39 is 0 Å². The molecule has 1 aromatic rings. The minimum Gasteiger partial charge on any atom is -0.328 e. The zero-order chi connectivity index (χ0) is 8.65. The summed E-state index contributed by atoms with van der Waals surface area (Å²) in [5, 5.41) is 0.567. The summed E-state index contributed by atoms with van der Waals surface area (Å²) in [6, 6.07) is 0. The molecule has 0 fully saturated rings. The summed E-state index contributed by atoms with van der Waals surface area (Å²) in [6.07, 6.45) is 1.86. The normalized spacial score (nSPS) is 12.1. The van der Waals surface area contributed by atoms with Gasteiger partial charge in [0.15, 0.2) is 0 Å². The van der Waals surface area contributed by atoms with Crippen molar-refractivity contribution in [3.63, 3.8) is 0 Å².